The van der Waals surface area contributed by atoms with Gasteiger partial charge in [0.15, 0.2) is 0 Å². The highest BCUT2D eigenvalue weighted by Gasteiger charge is 2.10. The summed E-state index contributed by atoms with van der Waals surface area (Å²) in [4.78, 5) is 1.25. The Bertz CT molecular complexity index is 459. The maximum absolute atomic E-state index is 4.16. The van der Waals surface area contributed by atoms with E-state index in [-0.39, 0.29) is 0 Å². The minimum absolute atomic E-state index is 0.538. The maximum Gasteiger partial charge on any atom is 0.0794 e. The third kappa shape index (κ3) is 3.43. The normalized spacial score (nSPS) is 13.1. The zero-order valence-electron chi connectivity index (χ0n) is 11.2. The SMILES string of the molecule is CC(C)CC(C)NCc1cn[nH]c1-c1cccs1. The van der Waals surface area contributed by atoms with Crippen LogP contribution in [0, 0.1) is 5.92 Å². The fourth-order valence-corrected chi connectivity index (χ4v) is 2.91. The zero-order chi connectivity index (χ0) is 13.0. The van der Waals surface area contributed by atoms with Crippen LogP contribution in [0.5, 0.6) is 0 Å². The second-order valence-corrected chi connectivity index (χ2v) is 6.11. The molecule has 0 fully saturated rings. The molecule has 98 valence electrons. The highest BCUT2D eigenvalue weighted by Crippen LogP contribution is 2.25. The lowest BCUT2D eigenvalue weighted by Crippen LogP contribution is -2.26. The molecule has 1 atom stereocenters. The molecule has 0 spiro atoms. The maximum atomic E-state index is 4.16. The molecular weight excluding hydrogens is 242 g/mol. The molecule has 4 heteroatoms. The molecule has 3 nitrogen and oxygen atoms in total. The Morgan fingerprint density at radius 1 is 1.39 bits per heavy atom. The molecule has 1 unspecified atom stereocenters. The summed E-state index contributed by atoms with van der Waals surface area (Å²) in [7, 11) is 0. The van der Waals surface area contributed by atoms with Crippen LogP contribution in [0.3, 0.4) is 0 Å². The number of thiophene rings is 1. The van der Waals surface area contributed by atoms with Crippen molar-refractivity contribution < 1.29 is 0 Å². The van der Waals surface area contributed by atoms with Crippen LogP contribution in [0.1, 0.15) is 32.8 Å². The standard InChI is InChI=1S/C14H21N3S/c1-10(2)7-11(3)15-8-12-9-16-17-14(12)13-5-4-6-18-13/h4-6,9-11,15H,7-8H2,1-3H3,(H,16,17). The molecule has 0 amide bonds. The van der Waals surface area contributed by atoms with E-state index < -0.39 is 0 Å². The van der Waals surface area contributed by atoms with Crippen LogP contribution in [-0.2, 0) is 6.54 Å². The number of hydrogen-bond donors (Lipinski definition) is 2. The van der Waals surface area contributed by atoms with Gasteiger partial charge in [0, 0.05) is 18.2 Å². The zero-order valence-corrected chi connectivity index (χ0v) is 12.1. The topological polar surface area (TPSA) is 40.7 Å². The number of nitrogens with one attached hydrogen (secondary N) is 2. The van der Waals surface area contributed by atoms with E-state index in [2.05, 4.69) is 53.8 Å². The summed E-state index contributed by atoms with van der Waals surface area (Å²) in [5, 5.41) is 12.9. The van der Waals surface area contributed by atoms with Crippen LogP contribution in [-0.4, -0.2) is 16.2 Å². The highest BCUT2D eigenvalue weighted by atomic mass is 32.1. The summed E-state index contributed by atoms with van der Waals surface area (Å²) in [6, 6.07) is 4.73. The molecule has 0 aromatic carbocycles. The number of hydrogen-bond acceptors (Lipinski definition) is 3. The second kappa shape index (κ2) is 6.16. The lowest BCUT2D eigenvalue weighted by molar-refractivity contribution is 0.442. The molecule has 0 saturated carbocycles. The molecule has 2 aromatic rings. The first-order valence-corrected chi connectivity index (χ1v) is 7.34. The Balaban J connectivity index is 1.96. The number of H-pyrrole nitrogens is 1. The molecule has 2 heterocycles. The Kier molecular flexibility index (Phi) is 4.55. The predicted octanol–water partition coefficient (Wildman–Crippen LogP) is 3.66. The second-order valence-electron chi connectivity index (χ2n) is 5.16. The first kappa shape index (κ1) is 13.3. The highest BCUT2D eigenvalue weighted by molar-refractivity contribution is 7.13. The van der Waals surface area contributed by atoms with Crippen molar-refractivity contribution in [2.24, 2.45) is 5.92 Å². The summed E-state index contributed by atoms with van der Waals surface area (Å²) in [5.41, 5.74) is 2.39. The average molecular weight is 263 g/mol. The van der Waals surface area contributed by atoms with Crippen molar-refractivity contribution in [1.82, 2.24) is 15.5 Å². The van der Waals surface area contributed by atoms with Gasteiger partial charge in [-0.3, -0.25) is 5.10 Å². The largest absolute Gasteiger partial charge is 0.310 e. The number of rotatable bonds is 6. The summed E-state index contributed by atoms with van der Waals surface area (Å²) in [6.07, 6.45) is 3.12. The fraction of sp³-hybridized carbons (Fsp3) is 0.500. The Morgan fingerprint density at radius 2 is 2.22 bits per heavy atom. The van der Waals surface area contributed by atoms with Gasteiger partial charge in [-0.1, -0.05) is 19.9 Å². The minimum atomic E-state index is 0.538. The van der Waals surface area contributed by atoms with E-state index in [0.29, 0.717) is 6.04 Å². The van der Waals surface area contributed by atoms with Crippen molar-refractivity contribution in [3.63, 3.8) is 0 Å². The first-order chi connectivity index (χ1) is 8.66. The van der Waals surface area contributed by atoms with E-state index in [1.54, 1.807) is 11.3 Å². The molecule has 0 saturated heterocycles. The van der Waals surface area contributed by atoms with Crippen molar-refractivity contribution >= 4 is 11.3 Å². The van der Waals surface area contributed by atoms with Crippen LogP contribution in [0.4, 0.5) is 0 Å². The van der Waals surface area contributed by atoms with Crippen LogP contribution in [0.2, 0.25) is 0 Å². The van der Waals surface area contributed by atoms with Gasteiger partial charge in [-0.2, -0.15) is 5.10 Å². The van der Waals surface area contributed by atoms with Gasteiger partial charge >= 0.3 is 0 Å². The van der Waals surface area contributed by atoms with Gasteiger partial charge in [0.05, 0.1) is 16.8 Å². The molecular formula is C14H21N3S. The van der Waals surface area contributed by atoms with Gasteiger partial charge in [-0.05, 0) is 30.7 Å². The Labute approximate surface area is 113 Å². The van der Waals surface area contributed by atoms with E-state index in [1.807, 2.05) is 6.20 Å². The van der Waals surface area contributed by atoms with Crippen molar-refractivity contribution in [3.05, 3.63) is 29.3 Å². The van der Waals surface area contributed by atoms with Crippen LogP contribution < -0.4 is 5.32 Å². The number of nitrogens with zero attached hydrogens (tertiary/aromatic N) is 1. The van der Waals surface area contributed by atoms with Gasteiger partial charge in [0.2, 0.25) is 0 Å². The average Bonchev–Trinajstić information content (AvgIpc) is 2.96. The Hall–Kier alpha value is -1.13. The summed E-state index contributed by atoms with van der Waals surface area (Å²) in [5.74, 6) is 0.730. The van der Waals surface area contributed by atoms with Gasteiger partial charge in [-0.15, -0.1) is 11.3 Å². The third-order valence-electron chi connectivity index (χ3n) is 2.95. The summed E-state index contributed by atoms with van der Waals surface area (Å²) >= 11 is 1.74. The minimum Gasteiger partial charge on any atom is -0.310 e. The molecule has 18 heavy (non-hydrogen) atoms. The van der Waals surface area contributed by atoms with E-state index >= 15 is 0 Å². The van der Waals surface area contributed by atoms with Gasteiger partial charge in [-0.25, -0.2) is 0 Å². The smallest absolute Gasteiger partial charge is 0.0794 e. The third-order valence-corrected chi connectivity index (χ3v) is 3.84. The molecule has 0 aliphatic carbocycles. The molecule has 2 rings (SSSR count). The molecule has 2 N–H and O–H groups in total. The van der Waals surface area contributed by atoms with Gasteiger partial charge < -0.3 is 5.32 Å². The predicted molar refractivity (Wildman–Crippen MR) is 77.7 cm³/mol. The van der Waals surface area contributed by atoms with E-state index in [9.17, 15) is 0 Å². The van der Waals surface area contributed by atoms with Crippen LogP contribution in [0.25, 0.3) is 10.6 Å². The molecule has 0 bridgehead atoms. The van der Waals surface area contributed by atoms with Crippen molar-refractivity contribution in [2.45, 2.75) is 39.8 Å². The van der Waals surface area contributed by atoms with Crippen molar-refractivity contribution in [1.29, 1.82) is 0 Å². The van der Waals surface area contributed by atoms with Crippen LogP contribution in [0.15, 0.2) is 23.7 Å². The molecule has 0 radical (unpaired) electrons. The van der Waals surface area contributed by atoms with Crippen molar-refractivity contribution in [3.8, 4) is 10.6 Å². The molecule has 0 aliphatic rings. The van der Waals surface area contributed by atoms with Gasteiger partial charge in [0.25, 0.3) is 0 Å². The lowest BCUT2D eigenvalue weighted by atomic mass is 10.1. The fourth-order valence-electron chi connectivity index (χ4n) is 2.15. The van der Waals surface area contributed by atoms with Crippen molar-refractivity contribution in [2.75, 3.05) is 0 Å². The Morgan fingerprint density at radius 3 is 2.89 bits per heavy atom. The number of aromatic nitrogens is 2. The summed E-state index contributed by atoms with van der Waals surface area (Å²) < 4.78 is 0. The van der Waals surface area contributed by atoms with E-state index in [1.165, 1.54) is 16.9 Å². The van der Waals surface area contributed by atoms with E-state index in [4.69, 9.17) is 0 Å². The van der Waals surface area contributed by atoms with Gasteiger partial charge in [0.1, 0.15) is 0 Å². The van der Waals surface area contributed by atoms with Crippen LogP contribution >= 0.6 is 11.3 Å². The quantitative estimate of drug-likeness (QED) is 0.835. The monoisotopic (exact) mass is 263 g/mol. The molecule has 0 aliphatic heterocycles. The first-order valence-electron chi connectivity index (χ1n) is 6.46. The number of aromatic amines is 1. The summed E-state index contributed by atoms with van der Waals surface area (Å²) in [6.45, 7) is 7.63. The lowest BCUT2D eigenvalue weighted by Gasteiger charge is -2.15. The molecule has 2 aromatic heterocycles. The van der Waals surface area contributed by atoms with E-state index in [0.717, 1.165) is 18.2 Å².